The molecule has 1 aliphatic carbocycles. The predicted octanol–water partition coefficient (Wildman–Crippen LogP) is 1.38. The van der Waals surface area contributed by atoms with Gasteiger partial charge in [0.2, 0.25) is 0 Å². The van der Waals surface area contributed by atoms with Gasteiger partial charge in [0.25, 0.3) is 0 Å². The third-order valence-corrected chi connectivity index (χ3v) is 3.64. The Labute approximate surface area is 108 Å². The molecule has 102 valence electrons. The van der Waals surface area contributed by atoms with Crippen LogP contribution in [0.25, 0.3) is 0 Å². The fourth-order valence-corrected chi connectivity index (χ4v) is 2.24. The number of ether oxygens (including phenoxy) is 1. The van der Waals surface area contributed by atoms with Crippen molar-refractivity contribution in [3.05, 3.63) is 17.5 Å². The van der Waals surface area contributed by atoms with E-state index in [4.69, 9.17) is 15.0 Å². The topological polar surface area (TPSA) is 64.5 Å². The summed E-state index contributed by atoms with van der Waals surface area (Å²) >= 11 is 0. The lowest BCUT2D eigenvalue weighted by molar-refractivity contribution is 0.104. The van der Waals surface area contributed by atoms with Crippen LogP contribution in [0.1, 0.15) is 31.2 Å². The average molecular weight is 253 g/mol. The van der Waals surface area contributed by atoms with Crippen LogP contribution in [0.15, 0.2) is 10.6 Å². The molecule has 0 amide bonds. The maximum atomic E-state index is 5.54. The van der Waals surface area contributed by atoms with Gasteiger partial charge in [-0.25, -0.2) is 0 Å². The highest BCUT2D eigenvalue weighted by Gasteiger charge is 2.32. The summed E-state index contributed by atoms with van der Waals surface area (Å²) in [5, 5.41) is 3.93. The minimum absolute atomic E-state index is 0.430. The van der Waals surface area contributed by atoms with Gasteiger partial charge in [0.05, 0.1) is 18.8 Å². The third-order valence-electron chi connectivity index (χ3n) is 3.64. The Kier molecular flexibility index (Phi) is 4.74. The first-order valence-corrected chi connectivity index (χ1v) is 6.62. The van der Waals surface area contributed by atoms with Crippen LogP contribution >= 0.6 is 0 Å². The number of nitrogens with two attached hydrogens (primary N) is 1. The summed E-state index contributed by atoms with van der Waals surface area (Å²) in [6.45, 7) is 5.17. The maximum Gasteiger partial charge on any atom is 0.151 e. The van der Waals surface area contributed by atoms with Crippen molar-refractivity contribution < 1.29 is 9.26 Å². The summed E-state index contributed by atoms with van der Waals surface area (Å²) in [4.78, 5) is 2.40. The van der Waals surface area contributed by atoms with Crippen molar-refractivity contribution >= 4 is 0 Å². The van der Waals surface area contributed by atoms with Gasteiger partial charge in [-0.05, 0) is 25.7 Å². The number of aromatic nitrogens is 1. The van der Waals surface area contributed by atoms with Crippen molar-refractivity contribution in [2.45, 2.75) is 38.9 Å². The van der Waals surface area contributed by atoms with Gasteiger partial charge in [-0.2, -0.15) is 0 Å². The van der Waals surface area contributed by atoms with E-state index < -0.39 is 0 Å². The number of nitrogens with zero attached hydrogens (tertiary/aromatic N) is 2. The molecule has 0 bridgehead atoms. The second-order valence-electron chi connectivity index (χ2n) is 5.03. The Morgan fingerprint density at radius 3 is 2.94 bits per heavy atom. The molecule has 1 aromatic rings. The van der Waals surface area contributed by atoms with Crippen molar-refractivity contribution in [1.82, 2.24) is 10.1 Å². The number of methoxy groups -OCH3 is 1. The summed E-state index contributed by atoms with van der Waals surface area (Å²) in [5.74, 6) is 1.72. The van der Waals surface area contributed by atoms with Gasteiger partial charge >= 0.3 is 0 Å². The summed E-state index contributed by atoms with van der Waals surface area (Å²) < 4.78 is 10.5. The number of hydrogen-bond acceptors (Lipinski definition) is 5. The van der Waals surface area contributed by atoms with Crippen molar-refractivity contribution in [2.24, 2.45) is 11.7 Å². The molecule has 0 aromatic carbocycles. The molecule has 1 atom stereocenters. The van der Waals surface area contributed by atoms with Gasteiger partial charge in [-0.1, -0.05) is 5.16 Å². The van der Waals surface area contributed by atoms with Crippen LogP contribution in [0.3, 0.4) is 0 Å². The number of rotatable bonds is 8. The maximum absolute atomic E-state index is 5.54. The highest BCUT2D eigenvalue weighted by Crippen LogP contribution is 2.35. The summed E-state index contributed by atoms with van der Waals surface area (Å²) in [6, 6.07) is 2.52. The SMILES string of the molecule is COCCN(Cc1cc(CN)no1)C(C)C1CC1. The van der Waals surface area contributed by atoms with Crippen molar-refractivity contribution in [2.75, 3.05) is 20.3 Å². The van der Waals surface area contributed by atoms with Gasteiger partial charge in [0.15, 0.2) is 5.76 Å². The van der Waals surface area contributed by atoms with Gasteiger partial charge in [-0.3, -0.25) is 4.90 Å². The van der Waals surface area contributed by atoms with E-state index in [1.165, 1.54) is 12.8 Å². The van der Waals surface area contributed by atoms with Crippen molar-refractivity contribution in [3.63, 3.8) is 0 Å². The predicted molar refractivity (Wildman–Crippen MR) is 68.9 cm³/mol. The fraction of sp³-hybridized carbons (Fsp3) is 0.769. The molecule has 2 N–H and O–H groups in total. The molecule has 0 saturated heterocycles. The molecule has 18 heavy (non-hydrogen) atoms. The Hall–Kier alpha value is -0.910. The lowest BCUT2D eigenvalue weighted by atomic mass is 10.1. The Bertz CT molecular complexity index is 363. The van der Waals surface area contributed by atoms with E-state index in [9.17, 15) is 0 Å². The highest BCUT2D eigenvalue weighted by molar-refractivity contribution is 5.05. The molecule has 1 heterocycles. The molecule has 1 aromatic heterocycles. The molecular formula is C13H23N3O2. The molecule has 0 spiro atoms. The zero-order valence-electron chi connectivity index (χ0n) is 11.3. The van der Waals surface area contributed by atoms with E-state index in [1.54, 1.807) is 7.11 Å². The van der Waals surface area contributed by atoms with Crippen LogP contribution in [0.4, 0.5) is 0 Å². The van der Waals surface area contributed by atoms with Crippen LogP contribution in [-0.4, -0.2) is 36.4 Å². The second kappa shape index (κ2) is 6.31. The standard InChI is InChI=1S/C13H23N3O2/c1-10(11-3-4-11)16(5-6-17-2)9-13-7-12(8-14)15-18-13/h7,10-11H,3-6,8-9,14H2,1-2H3. The van der Waals surface area contributed by atoms with Crippen LogP contribution in [-0.2, 0) is 17.8 Å². The monoisotopic (exact) mass is 253 g/mol. The van der Waals surface area contributed by atoms with E-state index in [1.807, 2.05) is 6.07 Å². The molecule has 1 aliphatic rings. The first-order chi connectivity index (χ1) is 8.74. The summed E-state index contributed by atoms with van der Waals surface area (Å²) in [7, 11) is 1.74. The Balaban J connectivity index is 1.94. The fourth-order valence-electron chi connectivity index (χ4n) is 2.24. The molecule has 1 fully saturated rings. The molecule has 2 rings (SSSR count). The quantitative estimate of drug-likeness (QED) is 0.758. The van der Waals surface area contributed by atoms with E-state index in [-0.39, 0.29) is 0 Å². The van der Waals surface area contributed by atoms with Crippen LogP contribution < -0.4 is 5.73 Å². The normalized spacial score (nSPS) is 17.3. The van der Waals surface area contributed by atoms with Crippen LogP contribution in [0.5, 0.6) is 0 Å². The molecule has 0 radical (unpaired) electrons. The zero-order chi connectivity index (χ0) is 13.0. The van der Waals surface area contributed by atoms with Gasteiger partial charge in [0.1, 0.15) is 0 Å². The van der Waals surface area contributed by atoms with Gasteiger partial charge in [0, 0.05) is 32.3 Å². The molecule has 5 nitrogen and oxygen atoms in total. The van der Waals surface area contributed by atoms with Crippen molar-refractivity contribution in [3.8, 4) is 0 Å². The lowest BCUT2D eigenvalue weighted by Gasteiger charge is -2.27. The molecule has 0 aliphatic heterocycles. The smallest absolute Gasteiger partial charge is 0.151 e. The molecular weight excluding hydrogens is 230 g/mol. The van der Waals surface area contributed by atoms with Crippen LogP contribution in [0, 0.1) is 5.92 Å². The number of hydrogen-bond donors (Lipinski definition) is 1. The minimum atomic E-state index is 0.430. The summed E-state index contributed by atoms with van der Waals surface area (Å²) in [5.41, 5.74) is 6.35. The van der Waals surface area contributed by atoms with E-state index in [2.05, 4.69) is 17.0 Å². The third kappa shape index (κ3) is 3.54. The first-order valence-electron chi connectivity index (χ1n) is 6.62. The Morgan fingerprint density at radius 2 is 2.39 bits per heavy atom. The molecule has 1 saturated carbocycles. The molecule has 1 unspecified atom stereocenters. The first kappa shape index (κ1) is 13.5. The van der Waals surface area contributed by atoms with Crippen LogP contribution in [0.2, 0.25) is 0 Å². The Morgan fingerprint density at radius 1 is 1.61 bits per heavy atom. The van der Waals surface area contributed by atoms with Crippen molar-refractivity contribution in [1.29, 1.82) is 0 Å². The highest BCUT2D eigenvalue weighted by atomic mass is 16.5. The largest absolute Gasteiger partial charge is 0.383 e. The summed E-state index contributed by atoms with van der Waals surface area (Å²) in [6.07, 6.45) is 2.68. The van der Waals surface area contributed by atoms with E-state index in [0.29, 0.717) is 12.6 Å². The van der Waals surface area contributed by atoms with Gasteiger partial charge in [-0.15, -0.1) is 0 Å². The van der Waals surface area contributed by atoms with E-state index in [0.717, 1.165) is 37.1 Å². The second-order valence-corrected chi connectivity index (χ2v) is 5.03. The van der Waals surface area contributed by atoms with E-state index >= 15 is 0 Å². The zero-order valence-corrected chi connectivity index (χ0v) is 11.3. The van der Waals surface area contributed by atoms with Gasteiger partial charge < -0.3 is 15.0 Å². The lowest BCUT2D eigenvalue weighted by Crippen LogP contribution is -2.36. The average Bonchev–Trinajstić information content (AvgIpc) is 3.14. The molecule has 5 heteroatoms. The minimum Gasteiger partial charge on any atom is -0.383 e.